The van der Waals surface area contributed by atoms with E-state index < -0.39 is 0 Å². The minimum absolute atomic E-state index is 0.156. The van der Waals surface area contributed by atoms with Crippen LogP contribution in [0.5, 0.6) is 5.75 Å². The van der Waals surface area contributed by atoms with Crippen LogP contribution in [0.15, 0.2) is 54.6 Å². The third-order valence-corrected chi connectivity index (χ3v) is 8.02. The fraction of sp³-hybridized carbons (Fsp3) is 0.400. The lowest BCUT2D eigenvalue weighted by Crippen LogP contribution is -2.28. The van der Waals surface area contributed by atoms with Crippen LogP contribution in [0.3, 0.4) is 0 Å². The fourth-order valence-corrected chi connectivity index (χ4v) is 6.08. The first-order valence-electron chi connectivity index (χ1n) is 13.0. The van der Waals surface area contributed by atoms with E-state index in [1.165, 1.54) is 4.88 Å². The Balaban J connectivity index is 1.51. The molecule has 0 spiro atoms. The first-order valence-corrected chi connectivity index (χ1v) is 13.8. The summed E-state index contributed by atoms with van der Waals surface area (Å²) in [4.78, 5) is 27.6. The molecule has 2 aromatic carbocycles. The average Bonchev–Trinajstić information content (AvgIpc) is 3.22. The second-order valence-electron chi connectivity index (χ2n) is 10.6. The van der Waals surface area contributed by atoms with Crippen molar-refractivity contribution >= 4 is 33.8 Å². The summed E-state index contributed by atoms with van der Waals surface area (Å²) in [6.07, 6.45) is 2.79. The molecule has 0 unspecified atom stereocenters. The maximum atomic E-state index is 13.5. The van der Waals surface area contributed by atoms with E-state index in [-0.39, 0.29) is 23.8 Å². The highest BCUT2D eigenvalue weighted by Crippen LogP contribution is 2.44. The largest absolute Gasteiger partial charge is 0.494 e. The van der Waals surface area contributed by atoms with E-state index in [1.807, 2.05) is 61.5 Å². The van der Waals surface area contributed by atoms with Gasteiger partial charge in [0.1, 0.15) is 10.8 Å². The second-order valence-corrected chi connectivity index (χ2v) is 11.7. The number of hydrogen-bond acceptors (Lipinski definition) is 5. The van der Waals surface area contributed by atoms with Gasteiger partial charge in [-0.2, -0.15) is 0 Å². The van der Waals surface area contributed by atoms with Gasteiger partial charge in [0.15, 0.2) is 0 Å². The highest BCUT2D eigenvalue weighted by atomic mass is 32.1. The van der Waals surface area contributed by atoms with Gasteiger partial charge in [-0.1, -0.05) is 51.1 Å². The van der Waals surface area contributed by atoms with Gasteiger partial charge in [-0.25, -0.2) is 0 Å². The fourth-order valence-electron chi connectivity index (χ4n) is 4.74. The molecule has 0 aliphatic heterocycles. The Bertz CT molecular complexity index is 1210. The van der Waals surface area contributed by atoms with Crippen molar-refractivity contribution in [3.8, 4) is 5.75 Å². The van der Waals surface area contributed by atoms with Crippen molar-refractivity contribution in [2.75, 3.05) is 23.8 Å². The minimum atomic E-state index is -0.191. The van der Waals surface area contributed by atoms with Gasteiger partial charge in [0.2, 0.25) is 5.91 Å². The van der Waals surface area contributed by atoms with Crippen molar-refractivity contribution in [1.29, 1.82) is 0 Å². The van der Waals surface area contributed by atoms with Crippen molar-refractivity contribution < 1.29 is 14.3 Å². The zero-order valence-electron chi connectivity index (χ0n) is 22.1. The summed E-state index contributed by atoms with van der Waals surface area (Å²) in [7, 11) is 0. The van der Waals surface area contributed by atoms with Gasteiger partial charge in [0.25, 0.3) is 5.91 Å². The van der Waals surface area contributed by atoms with Gasteiger partial charge in [-0.3, -0.25) is 9.59 Å². The number of benzene rings is 2. The number of fused-ring (bicyclic) bond motifs is 1. The predicted octanol–water partition coefficient (Wildman–Crippen LogP) is 6.28. The zero-order valence-corrected chi connectivity index (χ0v) is 23.0. The number of ether oxygens (including phenoxy) is 1. The molecule has 1 aromatic heterocycles. The number of thiophene rings is 1. The number of nitrogens with one attached hydrogen (secondary N) is 3. The molecule has 4 rings (SSSR count). The Labute approximate surface area is 223 Å². The van der Waals surface area contributed by atoms with Crippen molar-refractivity contribution in [1.82, 2.24) is 5.32 Å². The predicted molar refractivity (Wildman–Crippen MR) is 152 cm³/mol. The zero-order chi connectivity index (χ0) is 26.4. The number of anilines is 2. The van der Waals surface area contributed by atoms with Crippen LogP contribution in [0.1, 0.15) is 60.5 Å². The van der Waals surface area contributed by atoms with Gasteiger partial charge in [-0.05, 0) is 72.9 Å². The van der Waals surface area contributed by atoms with E-state index in [4.69, 9.17) is 4.74 Å². The molecule has 2 amide bonds. The molecular weight excluding hydrogens is 482 g/mol. The van der Waals surface area contributed by atoms with E-state index in [0.29, 0.717) is 35.3 Å². The molecule has 3 N–H and O–H groups in total. The lowest BCUT2D eigenvalue weighted by atomic mass is 9.72. The number of carbonyl (C=O) groups is 2. The number of amides is 2. The van der Waals surface area contributed by atoms with Crippen LogP contribution >= 0.6 is 11.3 Å². The third kappa shape index (κ3) is 6.99. The van der Waals surface area contributed by atoms with Crippen LogP contribution in [0.4, 0.5) is 10.7 Å². The molecule has 7 heteroatoms. The maximum Gasteiger partial charge on any atom is 0.258 e. The summed E-state index contributed by atoms with van der Waals surface area (Å²) in [6, 6.07) is 17.3. The van der Waals surface area contributed by atoms with Crippen LogP contribution in [0.2, 0.25) is 0 Å². The van der Waals surface area contributed by atoms with Gasteiger partial charge in [0, 0.05) is 17.1 Å². The molecule has 1 aliphatic carbocycles. The summed E-state index contributed by atoms with van der Waals surface area (Å²) in [5.41, 5.74) is 3.67. The normalized spacial score (nSPS) is 15.1. The summed E-state index contributed by atoms with van der Waals surface area (Å²) >= 11 is 1.55. The van der Waals surface area contributed by atoms with Gasteiger partial charge >= 0.3 is 0 Å². The molecule has 0 saturated carbocycles. The third-order valence-electron chi connectivity index (χ3n) is 6.85. The van der Waals surface area contributed by atoms with Crippen LogP contribution in [-0.2, 0) is 24.2 Å². The molecular formula is C30H37N3O3S. The summed E-state index contributed by atoms with van der Waals surface area (Å²) in [5.74, 6) is 0.954. The second kappa shape index (κ2) is 11.9. The lowest BCUT2D eigenvalue weighted by Gasteiger charge is -2.33. The smallest absolute Gasteiger partial charge is 0.258 e. The Kier molecular flexibility index (Phi) is 8.67. The van der Waals surface area contributed by atoms with E-state index in [9.17, 15) is 9.59 Å². The molecule has 0 radical (unpaired) electrons. The van der Waals surface area contributed by atoms with E-state index in [2.05, 4.69) is 36.7 Å². The quantitative estimate of drug-likeness (QED) is 0.311. The molecule has 3 aromatic rings. The molecule has 1 aliphatic rings. The Hall–Kier alpha value is -3.16. The van der Waals surface area contributed by atoms with Crippen LogP contribution in [0, 0.1) is 11.3 Å². The van der Waals surface area contributed by atoms with Crippen LogP contribution in [0.25, 0.3) is 0 Å². The van der Waals surface area contributed by atoms with Crippen LogP contribution < -0.4 is 20.7 Å². The van der Waals surface area contributed by atoms with Crippen molar-refractivity contribution in [3.05, 3.63) is 76.2 Å². The van der Waals surface area contributed by atoms with E-state index in [1.54, 1.807) is 11.3 Å². The number of hydrogen-bond donors (Lipinski definition) is 3. The molecule has 0 saturated heterocycles. The highest BCUT2D eigenvalue weighted by molar-refractivity contribution is 7.17. The average molecular weight is 520 g/mol. The monoisotopic (exact) mass is 519 g/mol. The lowest BCUT2D eigenvalue weighted by molar-refractivity contribution is -0.115. The van der Waals surface area contributed by atoms with E-state index in [0.717, 1.165) is 36.1 Å². The summed E-state index contributed by atoms with van der Waals surface area (Å²) in [6.45, 7) is 10.1. The standard InChI is InChI=1S/C30H37N3O3S/c1-5-36-23-14-12-22(13-15-23)32-28(35)27-24-16-11-21(30(2,3)4)17-25(24)37-29(27)33-26(34)19-31-18-20-9-7-6-8-10-20/h6-10,12-15,21,31H,5,11,16-19H2,1-4H3,(H,32,35)(H,33,34)/t21-/m0/s1. The number of carbonyl (C=O) groups excluding carboxylic acids is 2. The molecule has 0 bridgehead atoms. The van der Waals surface area contributed by atoms with Crippen molar-refractivity contribution in [2.24, 2.45) is 11.3 Å². The Morgan fingerprint density at radius 1 is 1.03 bits per heavy atom. The molecule has 196 valence electrons. The molecule has 37 heavy (non-hydrogen) atoms. The van der Waals surface area contributed by atoms with Gasteiger partial charge in [0.05, 0.1) is 18.7 Å². The Morgan fingerprint density at radius 3 is 2.43 bits per heavy atom. The molecule has 0 fully saturated rings. The SMILES string of the molecule is CCOc1ccc(NC(=O)c2c(NC(=O)CNCc3ccccc3)sc3c2CC[C@H](C(C)(C)C)C3)cc1. The molecule has 1 atom stereocenters. The van der Waals surface area contributed by atoms with Crippen molar-refractivity contribution in [2.45, 2.75) is 53.5 Å². The van der Waals surface area contributed by atoms with Crippen LogP contribution in [-0.4, -0.2) is 25.0 Å². The Morgan fingerprint density at radius 2 is 1.76 bits per heavy atom. The molecule has 1 heterocycles. The van der Waals surface area contributed by atoms with E-state index >= 15 is 0 Å². The topological polar surface area (TPSA) is 79.5 Å². The highest BCUT2D eigenvalue weighted by Gasteiger charge is 2.34. The maximum absolute atomic E-state index is 13.5. The minimum Gasteiger partial charge on any atom is -0.494 e. The first kappa shape index (κ1) is 26.9. The van der Waals surface area contributed by atoms with Crippen molar-refractivity contribution in [3.63, 3.8) is 0 Å². The van der Waals surface area contributed by atoms with Gasteiger partial charge < -0.3 is 20.7 Å². The first-order chi connectivity index (χ1) is 17.7. The number of rotatable bonds is 9. The summed E-state index contributed by atoms with van der Waals surface area (Å²) in [5, 5.41) is 9.89. The van der Waals surface area contributed by atoms with Gasteiger partial charge in [-0.15, -0.1) is 11.3 Å². The molecule has 6 nitrogen and oxygen atoms in total. The summed E-state index contributed by atoms with van der Waals surface area (Å²) < 4.78 is 5.51.